The highest BCUT2D eigenvalue weighted by Gasteiger charge is 2.43. The molecule has 0 amide bonds. The van der Waals surface area contributed by atoms with Crippen LogP contribution in [-0.2, 0) is 25.2 Å². The highest BCUT2D eigenvalue weighted by atomic mass is 19.4. The second-order valence-corrected chi connectivity index (χ2v) is 7.69. The molecule has 2 rings (SSSR count). The predicted octanol–water partition coefficient (Wildman–Crippen LogP) is 4.39. The number of carbonyl (C=O) groups is 2. The molecule has 0 aromatic heterocycles. The number of benzene rings is 1. The van der Waals surface area contributed by atoms with Crippen molar-refractivity contribution >= 4 is 17.7 Å². The van der Waals surface area contributed by atoms with Crippen molar-refractivity contribution in [3.05, 3.63) is 46.7 Å². The molecular formula is C23H29F3N2O4. The lowest BCUT2D eigenvalue weighted by molar-refractivity contribution is -0.144. The molecule has 0 saturated carbocycles. The summed E-state index contributed by atoms with van der Waals surface area (Å²) in [5, 5.41) is 0. The van der Waals surface area contributed by atoms with Gasteiger partial charge in [-0.25, -0.2) is 4.79 Å². The molecule has 6 nitrogen and oxygen atoms in total. The molecule has 2 N–H and O–H groups in total. The van der Waals surface area contributed by atoms with Crippen LogP contribution >= 0.6 is 0 Å². The highest BCUT2D eigenvalue weighted by molar-refractivity contribution is 6.06. The van der Waals surface area contributed by atoms with E-state index in [-0.39, 0.29) is 17.7 Å². The first-order valence-corrected chi connectivity index (χ1v) is 10.5. The van der Waals surface area contributed by atoms with Crippen LogP contribution in [0.15, 0.2) is 40.5 Å². The Morgan fingerprint density at radius 2 is 1.81 bits per heavy atom. The van der Waals surface area contributed by atoms with Crippen LogP contribution in [0.4, 0.5) is 13.2 Å². The van der Waals surface area contributed by atoms with Crippen LogP contribution < -0.4 is 5.73 Å². The molecule has 1 aliphatic rings. The summed E-state index contributed by atoms with van der Waals surface area (Å²) in [5.74, 6) is -3.44. The number of nitrogens with zero attached hydrogens (tertiary/aromatic N) is 1. The molecule has 9 heteroatoms. The molecule has 2 atom stereocenters. The topological polar surface area (TPSA) is 91.0 Å². The number of alkyl halides is 3. The lowest BCUT2D eigenvalue weighted by Crippen LogP contribution is -2.36. The average molecular weight is 454 g/mol. The van der Waals surface area contributed by atoms with Crippen molar-refractivity contribution in [3.8, 4) is 0 Å². The Morgan fingerprint density at radius 3 is 2.44 bits per heavy atom. The number of carbonyl (C=O) groups excluding carboxylic acids is 2. The van der Waals surface area contributed by atoms with Gasteiger partial charge in [0.25, 0.3) is 0 Å². The van der Waals surface area contributed by atoms with E-state index in [1.165, 1.54) is 19.2 Å². The van der Waals surface area contributed by atoms with Gasteiger partial charge in [-0.05, 0) is 44.9 Å². The van der Waals surface area contributed by atoms with Crippen LogP contribution in [0.1, 0.15) is 56.6 Å². The van der Waals surface area contributed by atoms with Gasteiger partial charge in [-0.15, -0.1) is 0 Å². The summed E-state index contributed by atoms with van der Waals surface area (Å²) in [5.41, 5.74) is 5.48. The van der Waals surface area contributed by atoms with Crippen molar-refractivity contribution in [2.75, 3.05) is 20.3 Å². The van der Waals surface area contributed by atoms with Crippen LogP contribution in [0.5, 0.6) is 0 Å². The van der Waals surface area contributed by atoms with E-state index >= 15 is 0 Å². The van der Waals surface area contributed by atoms with Crippen molar-refractivity contribution in [2.45, 2.75) is 51.6 Å². The van der Waals surface area contributed by atoms with Crippen LogP contribution in [-0.4, -0.2) is 37.9 Å². The molecule has 2 unspecified atom stereocenters. The van der Waals surface area contributed by atoms with Gasteiger partial charge in [-0.3, -0.25) is 9.79 Å². The maximum Gasteiger partial charge on any atom is 0.416 e. The smallest absolute Gasteiger partial charge is 0.416 e. The molecule has 0 fully saturated rings. The zero-order valence-corrected chi connectivity index (χ0v) is 18.5. The highest BCUT2D eigenvalue weighted by Crippen LogP contribution is 2.41. The minimum absolute atomic E-state index is 0.0623. The number of halogens is 3. The SMILES string of the molecule is COC(=O)C1C(C)=NC(C)=C(C(=O)OCCCCCCN)C1c1cccc(C(F)(F)F)c1. The summed E-state index contributed by atoms with van der Waals surface area (Å²) in [6.45, 7) is 3.92. The Kier molecular flexibility index (Phi) is 9.00. The molecular weight excluding hydrogens is 425 g/mol. The van der Waals surface area contributed by atoms with Gasteiger partial charge in [0.15, 0.2) is 0 Å². The lowest BCUT2D eigenvalue weighted by Gasteiger charge is -2.31. The zero-order chi connectivity index (χ0) is 23.9. The molecule has 1 aliphatic heterocycles. The van der Waals surface area contributed by atoms with E-state index in [2.05, 4.69) is 4.99 Å². The third-order valence-corrected chi connectivity index (χ3v) is 5.41. The largest absolute Gasteiger partial charge is 0.468 e. The number of methoxy groups -OCH3 is 1. The number of esters is 2. The van der Waals surface area contributed by atoms with Crippen molar-refractivity contribution in [1.82, 2.24) is 0 Å². The van der Waals surface area contributed by atoms with Gasteiger partial charge in [0.05, 0.1) is 24.9 Å². The van der Waals surface area contributed by atoms with Gasteiger partial charge in [0.2, 0.25) is 0 Å². The first kappa shape index (κ1) is 25.6. The van der Waals surface area contributed by atoms with Crippen LogP contribution in [0.25, 0.3) is 0 Å². The molecule has 0 radical (unpaired) electrons. The number of aliphatic imine (C=N–C) groups is 1. The minimum Gasteiger partial charge on any atom is -0.468 e. The zero-order valence-electron chi connectivity index (χ0n) is 18.5. The monoisotopic (exact) mass is 454 g/mol. The molecule has 176 valence electrons. The summed E-state index contributed by atoms with van der Waals surface area (Å²) in [6, 6.07) is 4.61. The van der Waals surface area contributed by atoms with Gasteiger partial charge >= 0.3 is 18.1 Å². The van der Waals surface area contributed by atoms with Gasteiger partial charge in [-0.1, -0.05) is 31.0 Å². The third-order valence-electron chi connectivity index (χ3n) is 5.41. The van der Waals surface area contributed by atoms with E-state index in [0.29, 0.717) is 24.4 Å². The summed E-state index contributed by atoms with van der Waals surface area (Å²) in [7, 11) is 1.18. The van der Waals surface area contributed by atoms with Gasteiger partial charge < -0.3 is 15.2 Å². The second kappa shape index (κ2) is 11.3. The molecule has 0 aliphatic carbocycles. The summed E-state index contributed by atoms with van der Waals surface area (Å²) < 4.78 is 50.3. The first-order chi connectivity index (χ1) is 15.1. The van der Waals surface area contributed by atoms with E-state index in [1.54, 1.807) is 13.8 Å². The number of hydrogen-bond donors (Lipinski definition) is 1. The number of allylic oxidation sites excluding steroid dienone is 1. The summed E-state index contributed by atoms with van der Waals surface area (Å²) in [4.78, 5) is 29.9. The minimum atomic E-state index is -4.57. The fourth-order valence-corrected chi connectivity index (χ4v) is 3.85. The quantitative estimate of drug-likeness (QED) is 0.441. The molecule has 1 aromatic rings. The number of ether oxygens (including phenoxy) is 2. The second-order valence-electron chi connectivity index (χ2n) is 7.69. The van der Waals surface area contributed by atoms with Crippen molar-refractivity contribution in [2.24, 2.45) is 16.6 Å². The Labute approximate surface area is 185 Å². The molecule has 1 heterocycles. The fraction of sp³-hybridized carbons (Fsp3) is 0.522. The van der Waals surface area contributed by atoms with Crippen LogP contribution in [0, 0.1) is 5.92 Å². The van der Waals surface area contributed by atoms with Crippen molar-refractivity contribution in [1.29, 1.82) is 0 Å². The molecule has 32 heavy (non-hydrogen) atoms. The normalized spacial score (nSPS) is 18.9. The van der Waals surface area contributed by atoms with Crippen molar-refractivity contribution in [3.63, 3.8) is 0 Å². The van der Waals surface area contributed by atoms with E-state index in [4.69, 9.17) is 15.2 Å². The first-order valence-electron chi connectivity index (χ1n) is 10.5. The van der Waals surface area contributed by atoms with E-state index in [9.17, 15) is 22.8 Å². The van der Waals surface area contributed by atoms with Crippen molar-refractivity contribution < 1.29 is 32.2 Å². The lowest BCUT2D eigenvalue weighted by atomic mass is 9.75. The molecule has 0 saturated heterocycles. The van der Waals surface area contributed by atoms with E-state index < -0.39 is 35.5 Å². The van der Waals surface area contributed by atoms with Crippen LogP contribution in [0.2, 0.25) is 0 Å². The number of hydrogen-bond acceptors (Lipinski definition) is 6. The third kappa shape index (κ3) is 6.18. The predicted molar refractivity (Wildman–Crippen MR) is 114 cm³/mol. The van der Waals surface area contributed by atoms with Gasteiger partial charge in [0.1, 0.15) is 5.92 Å². The summed E-state index contributed by atoms with van der Waals surface area (Å²) in [6.07, 6.45) is -1.31. The van der Waals surface area contributed by atoms with E-state index in [1.807, 2.05) is 0 Å². The fourth-order valence-electron chi connectivity index (χ4n) is 3.85. The maximum atomic E-state index is 13.3. The Hall–Kier alpha value is -2.68. The summed E-state index contributed by atoms with van der Waals surface area (Å²) >= 11 is 0. The molecule has 0 spiro atoms. The average Bonchev–Trinajstić information content (AvgIpc) is 2.74. The standard InChI is InChI=1S/C23H29F3N2O4/c1-14-18(21(29)31-3)20(16-9-8-10-17(13-16)23(24,25)26)19(15(2)28-14)22(30)32-12-7-5-4-6-11-27/h8-10,13,18,20H,4-7,11-12,27H2,1-3H3. The van der Waals surface area contributed by atoms with Gasteiger partial charge in [-0.2, -0.15) is 13.2 Å². The Morgan fingerprint density at radius 1 is 1.12 bits per heavy atom. The number of unbranched alkanes of at least 4 members (excludes halogenated alkanes) is 3. The van der Waals surface area contributed by atoms with Gasteiger partial charge in [0, 0.05) is 17.3 Å². The number of nitrogens with two attached hydrogens (primary N) is 1. The Bertz CT molecular complexity index is 893. The molecule has 0 bridgehead atoms. The van der Waals surface area contributed by atoms with Crippen LogP contribution in [0.3, 0.4) is 0 Å². The maximum absolute atomic E-state index is 13.3. The number of rotatable bonds is 9. The van der Waals surface area contributed by atoms with E-state index in [0.717, 1.165) is 31.4 Å². The Balaban J connectivity index is 2.41. The molecule has 1 aromatic carbocycles.